The second-order valence-electron chi connectivity index (χ2n) is 3.72. The monoisotopic (exact) mass is 262 g/mol. The molecular formula is C11H19ClN2O3. The summed E-state index contributed by atoms with van der Waals surface area (Å²) in [6, 6.07) is 3.44. The van der Waals surface area contributed by atoms with E-state index in [1.165, 1.54) is 0 Å². The summed E-state index contributed by atoms with van der Waals surface area (Å²) >= 11 is 0. The summed E-state index contributed by atoms with van der Waals surface area (Å²) in [6.07, 6.45) is 0.747. The van der Waals surface area contributed by atoms with Crippen LogP contribution in [-0.4, -0.2) is 25.6 Å². The summed E-state index contributed by atoms with van der Waals surface area (Å²) in [5, 5.41) is 2.73. The molecule has 0 radical (unpaired) electrons. The van der Waals surface area contributed by atoms with E-state index >= 15 is 0 Å². The number of hydrogen-bond donors (Lipinski definition) is 2. The SMILES string of the molecule is COCc1ccc(C(=O)NCCC(C)N)o1.Cl. The van der Waals surface area contributed by atoms with Gasteiger partial charge in [-0.3, -0.25) is 4.79 Å². The lowest BCUT2D eigenvalue weighted by Gasteiger charge is -2.05. The maximum atomic E-state index is 11.6. The molecule has 1 amide bonds. The van der Waals surface area contributed by atoms with Crippen LogP contribution in [0, 0.1) is 0 Å². The van der Waals surface area contributed by atoms with Gasteiger partial charge in [-0.1, -0.05) is 0 Å². The Labute approximate surface area is 107 Å². The lowest BCUT2D eigenvalue weighted by molar-refractivity contribution is 0.0916. The van der Waals surface area contributed by atoms with Crippen LogP contribution in [0.3, 0.4) is 0 Å². The van der Waals surface area contributed by atoms with E-state index in [1.807, 2.05) is 6.92 Å². The first kappa shape index (κ1) is 16.0. The molecule has 98 valence electrons. The van der Waals surface area contributed by atoms with Crippen molar-refractivity contribution in [1.82, 2.24) is 5.32 Å². The Balaban J connectivity index is 0.00000256. The minimum Gasteiger partial charge on any atom is -0.453 e. The summed E-state index contributed by atoms with van der Waals surface area (Å²) in [4.78, 5) is 11.6. The fraction of sp³-hybridized carbons (Fsp3) is 0.545. The molecule has 17 heavy (non-hydrogen) atoms. The molecule has 0 spiro atoms. The predicted octanol–water partition coefficient (Wildman–Crippen LogP) is 1.31. The Morgan fingerprint density at radius 1 is 1.59 bits per heavy atom. The molecule has 1 atom stereocenters. The molecule has 0 aromatic carbocycles. The molecule has 0 saturated carbocycles. The van der Waals surface area contributed by atoms with Crippen molar-refractivity contribution in [3.05, 3.63) is 23.7 Å². The van der Waals surface area contributed by atoms with E-state index in [4.69, 9.17) is 14.9 Å². The van der Waals surface area contributed by atoms with E-state index in [9.17, 15) is 4.79 Å². The standard InChI is InChI=1S/C11H18N2O3.ClH/c1-8(12)5-6-13-11(14)10-4-3-9(16-10)7-15-2;/h3-4,8H,5-7,12H2,1-2H3,(H,13,14);1H. The Bertz CT molecular complexity index is 339. The molecule has 0 fully saturated rings. The zero-order valence-corrected chi connectivity index (χ0v) is 10.9. The van der Waals surface area contributed by atoms with E-state index in [-0.39, 0.29) is 24.4 Å². The first-order chi connectivity index (χ1) is 7.63. The van der Waals surface area contributed by atoms with E-state index in [0.29, 0.717) is 24.7 Å². The summed E-state index contributed by atoms with van der Waals surface area (Å²) < 4.78 is 10.2. The first-order valence-electron chi connectivity index (χ1n) is 5.25. The van der Waals surface area contributed by atoms with Gasteiger partial charge in [-0.05, 0) is 25.5 Å². The van der Waals surface area contributed by atoms with E-state index in [0.717, 1.165) is 6.42 Å². The number of nitrogens with one attached hydrogen (secondary N) is 1. The number of carbonyl (C=O) groups excluding carboxylic acids is 1. The van der Waals surface area contributed by atoms with Gasteiger partial charge in [0.15, 0.2) is 5.76 Å². The molecule has 1 unspecified atom stereocenters. The summed E-state index contributed by atoms with van der Waals surface area (Å²) in [7, 11) is 1.57. The smallest absolute Gasteiger partial charge is 0.286 e. The summed E-state index contributed by atoms with van der Waals surface area (Å²) in [6.45, 7) is 2.82. The molecule has 1 aromatic heterocycles. The van der Waals surface area contributed by atoms with Crippen LogP contribution >= 0.6 is 12.4 Å². The highest BCUT2D eigenvalue weighted by molar-refractivity contribution is 5.91. The Morgan fingerprint density at radius 2 is 2.29 bits per heavy atom. The Kier molecular flexibility index (Phi) is 7.61. The van der Waals surface area contributed by atoms with Gasteiger partial charge in [-0.2, -0.15) is 0 Å². The third-order valence-corrected chi connectivity index (χ3v) is 2.06. The zero-order chi connectivity index (χ0) is 12.0. The van der Waals surface area contributed by atoms with Crippen LogP contribution in [0.25, 0.3) is 0 Å². The van der Waals surface area contributed by atoms with Crippen molar-refractivity contribution >= 4 is 18.3 Å². The molecule has 3 N–H and O–H groups in total. The van der Waals surface area contributed by atoms with Gasteiger partial charge in [-0.15, -0.1) is 12.4 Å². The van der Waals surface area contributed by atoms with Crippen LogP contribution in [-0.2, 0) is 11.3 Å². The molecule has 6 heteroatoms. The summed E-state index contributed by atoms with van der Waals surface area (Å²) in [5.74, 6) is 0.722. The van der Waals surface area contributed by atoms with Crippen molar-refractivity contribution in [2.45, 2.75) is 26.0 Å². The highest BCUT2D eigenvalue weighted by Gasteiger charge is 2.10. The second-order valence-corrected chi connectivity index (χ2v) is 3.72. The molecular weight excluding hydrogens is 244 g/mol. The number of methoxy groups -OCH3 is 1. The number of amides is 1. The molecule has 1 aromatic rings. The first-order valence-corrected chi connectivity index (χ1v) is 5.25. The number of ether oxygens (including phenoxy) is 1. The lowest BCUT2D eigenvalue weighted by atomic mass is 10.2. The quantitative estimate of drug-likeness (QED) is 0.810. The molecule has 0 saturated heterocycles. The minimum atomic E-state index is -0.219. The van der Waals surface area contributed by atoms with Crippen LogP contribution in [0.4, 0.5) is 0 Å². The molecule has 0 aliphatic carbocycles. The number of halogens is 1. The van der Waals surface area contributed by atoms with Crippen LogP contribution in [0.15, 0.2) is 16.5 Å². The largest absolute Gasteiger partial charge is 0.453 e. The van der Waals surface area contributed by atoms with E-state index in [1.54, 1.807) is 19.2 Å². The number of furan rings is 1. The van der Waals surface area contributed by atoms with Gasteiger partial charge < -0.3 is 20.2 Å². The van der Waals surface area contributed by atoms with Crippen molar-refractivity contribution in [1.29, 1.82) is 0 Å². The third kappa shape index (κ3) is 5.72. The van der Waals surface area contributed by atoms with E-state index < -0.39 is 0 Å². The van der Waals surface area contributed by atoms with Crippen molar-refractivity contribution in [2.75, 3.05) is 13.7 Å². The number of hydrogen-bond acceptors (Lipinski definition) is 4. The fourth-order valence-electron chi connectivity index (χ4n) is 1.22. The van der Waals surface area contributed by atoms with Crippen molar-refractivity contribution in [3.63, 3.8) is 0 Å². The fourth-order valence-corrected chi connectivity index (χ4v) is 1.22. The van der Waals surface area contributed by atoms with Crippen LogP contribution in [0.2, 0.25) is 0 Å². The van der Waals surface area contributed by atoms with Gasteiger partial charge in [0.1, 0.15) is 12.4 Å². The number of nitrogens with two attached hydrogens (primary N) is 1. The normalized spacial score (nSPS) is 11.7. The van der Waals surface area contributed by atoms with Crippen LogP contribution < -0.4 is 11.1 Å². The van der Waals surface area contributed by atoms with E-state index in [2.05, 4.69) is 5.32 Å². The van der Waals surface area contributed by atoms with Crippen LogP contribution in [0.5, 0.6) is 0 Å². The van der Waals surface area contributed by atoms with Crippen LogP contribution in [0.1, 0.15) is 29.7 Å². The average Bonchev–Trinajstić information content (AvgIpc) is 2.66. The molecule has 0 aliphatic rings. The van der Waals surface area contributed by atoms with Gasteiger partial charge >= 0.3 is 0 Å². The Morgan fingerprint density at radius 3 is 2.88 bits per heavy atom. The molecule has 0 aliphatic heterocycles. The topological polar surface area (TPSA) is 77.5 Å². The Hall–Kier alpha value is -1.04. The number of rotatable bonds is 6. The lowest BCUT2D eigenvalue weighted by Crippen LogP contribution is -2.28. The summed E-state index contributed by atoms with van der Waals surface area (Å²) in [5.41, 5.74) is 5.57. The number of carbonyl (C=O) groups is 1. The maximum absolute atomic E-state index is 11.6. The van der Waals surface area contributed by atoms with Crippen molar-refractivity contribution < 1.29 is 13.9 Å². The van der Waals surface area contributed by atoms with Crippen molar-refractivity contribution in [2.24, 2.45) is 5.73 Å². The zero-order valence-electron chi connectivity index (χ0n) is 10.1. The highest BCUT2D eigenvalue weighted by atomic mass is 35.5. The van der Waals surface area contributed by atoms with Gasteiger partial charge in [0.25, 0.3) is 5.91 Å². The van der Waals surface area contributed by atoms with Gasteiger partial charge in [0, 0.05) is 19.7 Å². The van der Waals surface area contributed by atoms with Gasteiger partial charge in [0.05, 0.1) is 0 Å². The molecule has 0 bridgehead atoms. The predicted molar refractivity (Wildman–Crippen MR) is 67.3 cm³/mol. The molecule has 1 heterocycles. The molecule has 1 rings (SSSR count). The van der Waals surface area contributed by atoms with Gasteiger partial charge in [-0.25, -0.2) is 0 Å². The minimum absolute atomic E-state index is 0. The maximum Gasteiger partial charge on any atom is 0.286 e. The second kappa shape index (κ2) is 8.11. The highest BCUT2D eigenvalue weighted by Crippen LogP contribution is 2.08. The average molecular weight is 263 g/mol. The molecule has 5 nitrogen and oxygen atoms in total. The van der Waals surface area contributed by atoms with Gasteiger partial charge in [0.2, 0.25) is 0 Å². The van der Waals surface area contributed by atoms with Crippen molar-refractivity contribution in [3.8, 4) is 0 Å². The third-order valence-electron chi connectivity index (χ3n) is 2.06.